The lowest BCUT2D eigenvalue weighted by Crippen LogP contribution is -2.17. The molecule has 1 aliphatic rings. The Labute approximate surface area is 159 Å². The van der Waals surface area contributed by atoms with Crippen LogP contribution in [0.1, 0.15) is 23.3 Å². The number of para-hydroxylation sites is 1. The lowest BCUT2D eigenvalue weighted by Gasteiger charge is -2.18. The maximum atomic E-state index is 12.2. The molecule has 0 unspecified atom stereocenters. The molecule has 1 saturated heterocycles. The lowest BCUT2D eigenvalue weighted by atomic mass is 10.2. The van der Waals surface area contributed by atoms with Gasteiger partial charge in [-0.05, 0) is 61.4 Å². The Morgan fingerprint density at radius 3 is 2.19 bits per heavy atom. The van der Waals surface area contributed by atoms with Gasteiger partial charge in [-0.2, -0.15) is 0 Å². The molecule has 4 rings (SSSR count). The number of rotatable bonds is 5. The van der Waals surface area contributed by atoms with E-state index >= 15 is 0 Å². The van der Waals surface area contributed by atoms with Crippen molar-refractivity contribution in [2.24, 2.45) is 0 Å². The van der Waals surface area contributed by atoms with Crippen molar-refractivity contribution in [1.29, 1.82) is 0 Å². The number of nitrogens with one attached hydrogen (secondary N) is 2. The van der Waals surface area contributed by atoms with Crippen molar-refractivity contribution in [1.82, 2.24) is 4.98 Å². The minimum Gasteiger partial charge on any atom is -0.372 e. The van der Waals surface area contributed by atoms with Crippen LogP contribution in [0.4, 0.5) is 22.7 Å². The van der Waals surface area contributed by atoms with E-state index in [-0.39, 0.29) is 5.91 Å². The van der Waals surface area contributed by atoms with Gasteiger partial charge in [0.1, 0.15) is 5.69 Å². The summed E-state index contributed by atoms with van der Waals surface area (Å²) in [6, 6.07) is 21.4. The van der Waals surface area contributed by atoms with Gasteiger partial charge in [0.05, 0.1) is 11.9 Å². The summed E-state index contributed by atoms with van der Waals surface area (Å²) in [7, 11) is 0. The number of hydrogen-bond acceptors (Lipinski definition) is 4. The number of nitrogens with zero attached hydrogens (tertiary/aromatic N) is 2. The molecule has 0 bridgehead atoms. The third-order valence-corrected chi connectivity index (χ3v) is 4.65. The summed E-state index contributed by atoms with van der Waals surface area (Å²) in [4.78, 5) is 18.9. The molecule has 1 fully saturated rings. The van der Waals surface area contributed by atoms with E-state index in [9.17, 15) is 4.79 Å². The zero-order valence-electron chi connectivity index (χ0n) is 15.1. The molecule has 5 nitrogen and oxygen atoms in total. The first-order valence-electron chi connectivity index (χ1n) is 9.22. The number of benzene rings is 2. The predicted octanol–water partition coefficient (Wildman–Crippen LogP) is 4.68. The van der Waals surface area contributed by atoms with Crippen LogP contribution in [-0.4, -0.2) is 24.0 Å². The van der Waals surface area contributed by atoms with Crippen molar-refractivity contribution in [2.75, 3.05) is 28.6 Å². The van der Waals surface area contributed by atoms with E-state index in [0.29, 0.717) is 5.69 Å². The molecule has 0 saturated carbocycles. The monoisotopic (exact) mass is 358 g/mol. The predicted molar refractivity (Wildman–Crippen MR) is 110 cm³/mol. The highest BCUT2D eigenvalue weighted by Crippen LogP contribution is 2.23. The van der Waals surface area contributed by atoms with Crippen molar-refractivity contribution in [2.45, 2.75) is 12.8 Å². The summed E-state index contributed by atoms with van der Waals surface area (Å²) < 4.78 is 0. The molecular formula is C22H22N4O. The highest BCUT2D eigenvalue weighted by molar-refractivity contribution is 6.02. The highest BCUT2D eigenvalue weighted by atomic mass is 16.1. The maximum Gasteiger partial charge on any atom is 0.274 e. The van der Waals surface area contributed by atoms with Gasteiger partial charge in [-0.1, -0.05) is 18.2 Å². The Balaban J connectivity index is 1.38. The molecule has 27 heavy (non-hydrogen) atoms. The van der Waals surface area contributed by atoms with Crippen molar-refractivity contribution in [3.8, 4) is 0 Å². The number of carbonyl (C=O) groups excluding carboxylic acids is 1. The maximum absolute atomic E-state index is 12.2. The summed E-state index contributed by atoms with van der Waals surface area (Å²) in [5.74, 6) is -0.220. The average molecular weight is 358 g/mol. The minimum atomic E-state index is -0.220. The zero-order valence-corrected chi connectivity index (χ0v) is 15.1. The Hall–Kier alpha value is -3.34. The Bertz CT molecular complexity index is 886. The third kappa shape index (κ3) is 4.26. The second-order valence-corrected chi connectivity index (χ2v) is 6.62. The summed E-state index contributed by atoms with van der Waals surface area (Å²) in [5, 5.41) is 6.16. The van der Waals surface area contributed by atoms with Gasteiger partial charge in [0.15, 0.2) is 0 Å². The first-order chi connectivity index (χ1) is 13.3. The normalized spacial score (nSPS) is 13.4. The second kappa shape index (κ2) is 7.91. The van der Waals surface area contributed by atoms with E-state index in [1.165, 1.54) is 18.5 Å². The van der Waals surface area contributed by atoms with Gasteiger partial charge in [0, 0.05) is 30.2 Å². The Kier molecular flexibility index (Phi) is 5.01. The molecule has 136 valence electrons. The van der Waals surface area contributed by atoms with Crippen LogP contribution >= 0.6 is 0 Å². The molecule has 1 aromatic heterocycles. The molecule has 1 amide bonds. The first kappa shape index (κ1) is 17.1. The van der Waals surface area contributed by atoms with Crippen LogP contribution in [0.15, 0.2) is 72.9 Å². The zero-order chi connectivity index (χ0) is 18.5. The van der Waals surface area contributed by atoms with E-state index in [1.807, 2.05) is 36.4 Å². The van der Waals surface area contributed by atoms with Gasteiger partial charge in [0.2, 0.25) is 0 Å². The summed E-state index contributed by atoms with van der Waals surface area (Å²) in [5.41, 5.74) is 4.25. The summed E-state index contributed by atoms with van der Waals surface area (Å²) in [6.45, 7) is 2.28. The number of amides is 1. The van der Waals surface area contributed by atoms with Crippen molar-refractivity contribution < 1.29 is 4.79 Å². The van der Waals surface area contributed by atoms with E-state index in [4.69, 9.17) is 0 Å². The molecule has 2 heterocycles. The third-order valence-electron chi connectivity index (χ3n) is 4.65. The fraction of sp³-hybridized carbons (Fsp3) is 0.182. The summed E-state index contributed by atoms with van der Waals surface area (Å²) >= 11 is 0. The summed E-state index contributed by atoms with van der Waals surface area (Å²) in [6.07, 6.45) is 4.22. The van der Waals surface area contributed by atoms with Gasteiger partial charge in [0.25, 0.3) is 5.91 Å². The number of pyridine rings is 1. The van der Waals surface area contributed by atoms with Crippen LogP contribution in [0.3, 0.4) is 0 Å². The van der Waals surface area contributed by atoms with Crippen LogP contribution in [-0.2, 0) is 0 Å². The largest absolute Gasteiger partial charge is 0.372 e. The molecule has 3 aromatic rings. The SMILES string of the molecule is O=C(Nc1ccccc1)c1ccc(Nc2ccc(N3CCCC3)cc2)cn1. The van der Waals surface area contributed by atoms with Crippen LogP contribution < -0.4 is 15.5 Å². The van der Waals surface area contributed by atoms with Crippen molar-refractivity contribution in [3.63, 3.8) is 0 Å². The number of hydrogen-bond donors (Lipinski definition) is 2. The molecule has 2 N–H and O–H groups in total. The number of carbonyl (C=O) groups is 1. The van der Waals surface area contributed by atoms with Gasteiger partial charge >= 0.3 is 0 Å². The Morgan fingerprint density at radius 2 is 1.52 bits per heavy atom. The Morgan fingerprint density at radius 1 is 0.815 bits per heavy atom. The van der Waals surface area contributed by atoms with E-state index in [2.05, 4.69) is 44.8 Å². The number of anilines is 4. The van der Waals surface area contributed by atoms with E-state index in [0.717, 1.165) is 30.2 Å². The van der Waals surface area contributed by atoms with Gasteiger partial charge in [-0.3, -0.25) is 4.79 Å². The van der Waals surface area contributed by atoms with Crippen molar-refractivity contribution >= 4 is 28.7 Å². The molecule has 0 radical (unpaired) electrons. The van der Waals surface area contributed by atoms with Crippen LogP contribution in [0.5, 0.6) is 0 Å². The minimum absolute atomic E-state index is 0.220. The van der Waals surface area contributed by atoms with Crippen LogP contribution in [0, 0.1) is 0 Å². The standard InChI is InChI=1S/C22H22N4O/c27-22(25-17-6-2-1-3-7-17)21-13-10-19(16-23-21)24-18-8-11-20(12-9-18)26-14-4-5-15-26/h1-3,6-13,16,24H,4-5,14-15H2,(H,25,27). The molecule has 1 aliphatic heterocycles. The average Bonchev–Trinajstić information content (AvgIpc) is 3.25. The smallest absolute Gasteiger partial charge is 0.274 e. The second-order valence-electron chi connectivity index (χ2n) is 6.62. The van der Waals surface area contributed by atoms with Crippen LogP contribution in [0.25, 0.3) is 0 Å². The fourth-order valence-corrected chi connectivity index (χ4v) is 3.22. The quantitative estimate of drug-likeness (QED) is 0.695. The topological polar surface area (TPSA) is 57.3 Å². The molecular weight excluding hydrogens is 336 g/mol. The van der Waals surface area contributed by atoms with Crippen molar-refractivity contribution in [3.05, 3.63) is 78.6 Å². The first-order valence-corrected chi connectivity index (χ1v) is 9.22. The molecule has 5 heteroatoms. The van der Waals surface area contributed by atoms with E-state index in [1.54, 1.807) is 12.3 Å². The molecule has 0 atom stereocenters. The number of aromatic nitrogens is 1. The fourth-order valence-electron chi connectivity index (χ4n) is 3.22. The van der Waals surface area contributed by atoms with Gasteiger partial charge in [-0.25, -0.2) is 4.98 Å². The molecule has 0 spiro atoms. The van der Waals surface area contributed by atoms with E-state index < -0.39 is 0 Å². The molecule has 0 aliphatic carbocycles. The molecule has 2 aromatic carbocycles. The van der Waals surface area contributed by atoms with Crippen LogP contribution in [0.2, 0.25) is 0 Å². The highest BCUT2D eigenvalue weighted by Gasteiger charge is 2.12. The van der Waals surface area contributed by atoms with Gasteiger partial charge < -0.3 is 15.5 Å². The van der Waals surface area contributed by atoms with Gasteiger partial charge in [-0.15, -0.1) is 0 Å². The lowest BCUT2D eigenvalue weighted by molar-refractivity contribution is 0.102.